The molecule has 160 valence electrons. The Morgan fingerprint density at radius 2 is 1.97 bits per heavy atom. The first kappa shape index (κ1) is 21.2. The summed E-state index contributed by atoms with van der Waals surface area (Å²) in [4.78, 5) is 27.2. The Morgan fingerprint density at radius 3 is 2.62 bits per heavy atom. The molecule has 0 radical (unpaired) electrons. The fourth-order valence-electron chi connectivity index (χ4n) is 3.04. The fourth-order valence-corrected chi connectivity index (χ4v) is 3.59. The smallest absolute Gasteiger partial charge is 0.347 e. The summed E-state index contributed by atoms with van der Waals surface area (Å²) in [6, 6.07) is 9.11. The van der Waals surface area contributed by atoms with Gasteiger partial charge >= 0.3 is 12.0 Å². The summed E-state index contributed by atoms with van der Waals surface area (Å²) < 4.78 is 10.6. The number of anilines is 1. The SMILES string of the molecule is C=C1NC(=O)N(c2cc(Cl)c(Oc3ccc4[nH]cc(C(=O)OC)c4c3)c(Cl)c2)N=C1C#N. The zero-order valence-corrected chi connectivity index (χ0v) is 17.9. The van der Waals surface area contributed by atoms with Crippen LogP contribution in [0.5, 0.6) is 11.5 Å². The van der Waals surface area contributed by atoms with E-state index in [1.54, 1.807) is 24.4 Å². The summed E-state index contributed by atoms with van der Waals surface area (Å²) in [5.41, 5.74) is 1.33. The number of urea groups is 1. The van der Waals surface area contributed by atoms with Crippen LogP contribution in [-0.2, 0) is 4.74 Å². The number of carbonyl (C=O) groups is 2. The van der Waals surface area contributed by atoms with Gasteiger partial charge in [0.1, 0.15) is 11.8 Å². The van der Waals surface area contributed by atoms with Crippen molar-refractivity contribution in [1.29, 1.82) is 5.26 Å². The van der Waals surface area contributed by atoms with Gasteiger partial charge in [0.25, 0.3) is 0 Å². The minimum absolute atomic E-state index is 0.0570. The van der Waals surface area contributed by atoms with E-state index in [2.05, 4.69) is 22.0 Å². The van der Waals surface area contributed by atoms with Crippen LogP contribution in [0.1, 0.15) is 10.4 Å². The van der Waals surface area contributed by atoms with Gasteiger partial charge < -0.3 is 19.8 Å². The Labute approximate surface area is 191 Å². The third kappa shape index (κ3) is 3.73. The number of methoxy groups -OCH3 is 1. The molecule has 1 aliphatic heterocycles. The van der Waals surface area contributed by atoms with Gasteiger partial charge in [0, 0.05) is 17.1 Å². The highest BCUT2D eigenvalue weighted by Gasteiger charge is 2.26. The van der Waals surface area contributed by atoms with Crippen LogP contribution >= 0.6 is 23.2 Å². The Kier molecular flexibility index (Phi) is 5.48. The molecule has 2 heterocycles. The van der Waals surface area contributed by atoms with Crippen molar-refractivity contribution in [2.45, 2.75) is 0 Å². The number of hydrazone groups is 1. The van der Waals surface area contributed by atoms with E-state index in [0.717, 1.165) is 5.01 Å². The van der Waals surface area contributed by atoms with Gasteiger partial charge in [-0.2, -0.15) is 15.4 Å². The number of benzene rings is 2. The lowest BCUT2D eigenvalue weighted by molar-refractivity contribution is 0.0603. The maximum absolute atomic E-state index is 12.3. The van der Waals surface area contributed by atoms with Crippen LogP contribution in [0, 0.1) is 11.3 Å². The van der Waals surface area contributed by atoms with Gasteiger partial charge in [-0.3, -0.25) is 0 Å². The number of aromatic amines is 1. The number of allylic oxidation sites excluding steroid dienone is 1. The number of ether oxygens (including phenoxy) is 2. The lowest BCUT2D eigenvalue weighted by atomic mass is 10.1. The van der Waals surface area contributed by atoms with Crippen LogP contribution < -0.4 is 15.1 Å². The molecule has 0 spiro atoms. The highest BCUT2D eigenvalue weighted by molar-refractivity contribution is 6.37. The minimum Gasteiger partial charge on any atom is -0.465 e. The molecule has 0 fully saturated rings. The molecule has 0 aliphatic carbocycles. The van der Waals surface area contributed by atoms with Crippen LogP contribution in [-0.4, -0.2) is 29.8 Å². The summed E-state index contributed by atoms with van der Waals surface area (Å²) in [7, 11) is 1.30. The minimum atomic E-state index is -0.622. The number of rotatable bonds is 4. The van der Waals surface area contributed by atoms with Crippen LogP contribution in [0.2, 0.25) is 10.0 Å². The highest BCUT2D eigenvalue weighted by atomic mass is 35.5. The molecule has 0 unspecified atom stereocenters. The average molecular weight is 470 g/mol. The quantitative estimate of drug-likeness (QED) is 0.522. The van der Waals surface area contributed by atoms with Gasteiger partial charge in [0.2, 0.25) is 0 Å². The number of amides is 2. The van der Waals surface area contributed by atoms with E-state index in [1.807, 2.05) is 6.07 Å². The number of halogens is 2. The molecule has 0 bridgehead atoms. The van der Waals surface area contributed by atoms with E-state index in [4.69, 9.17) is 37.9 Å². The molecule has 3 aromatic rings. The molecule has 2 aromatic carbocycles. The molecule has 0 saturated carbocycles. The van der Waals surface area contributed by atoms with Gasteiger partial charge in [-0.25, -0.2) is 9.59 Å². The van der Waals surface area contributed by atoms with Gasteiger partial charge in [0.05, 0.1) is 34.1 Å². The summed E-state index contributed by atoms with van der Waals surface area (Å²) in [6.07, 6.45) is 1.55. The molecule has 9 nitrogen and oxygen atoms in total. The zero-order valence-electron chi connectivity index (χ0n) is 16.4. The topological polar surface area (TPSA) is 120 Å². The Balaban J connectivity index is 1.68. The fraction of sp³-hybridized carbons (Fsp3) is 0.0476. The van der Waals surface area contributed by atoms with Crippen molar-refractivity contribution < 1.29 is 19.1 Å². The van der Waals surface area contributed by atoms with E-state index in [-0.39, 0.29) is 32.9 Å². The number of nitriles is 1. The molecule has 2 N–H and O–H groups in total. The van der Waals surface area contributed by atoms with Crippen LogP contribution in [0.3, 0.4) is 0 Å². The second-order valence-corrected chi connectivity index (χ2v) is 7.34. The number of carbonyl (C=O) groups excluding carboxylic acids is 2. The standard InChI is InChI=1S/C21H13Cl2N5O4/c1-10-18(8-24)27-28(21(30)26-10)11-5-15(22)19(16(23)6-11)32-12-3-4-17-13(7-12)14(9-25-17)20(29)31-2/h3-7,9,25H,1H2,2H3,(H,26,30). The zero-order chi connectivity index (χ0) is 23.0. The van der Waals surface area contributed by atoms with Crippen LogP contribution in [0.4, 0.5) is 10.5 Å². The maximum Gasteiger partial charge on any atom is 0.347 e. The molecule has 1 aromatic heterocycles. The van der Waals surface area contributed by atoms with E-state index in [9.17, 15) is 9.59 Å². The number of fused-ring (bicyclic) bond motifs is 1. The number of hydrogen-bond donors (Lipinski definition) is 2. The monoisotopic (exact) mass is 469 g/mol. The molecular formula is C21H13Cl2N5O4. The summed E-state index contributed by atoms with van der Waals surface area (Å²) in [5.74, 6) is 0.0158. The largest absolute Gasteiger partial charge is 0.465 e. The van der Waals surface area contributed by atoms with E-state index < -0.39 is 12.0 Å². The molecule has 2 amide bonds. The van der Waals surface area contributed by atoms with Gasteiger partial charge in [-0.1, -0.05) is 29.8 Å². The normalized spacial score (nSPS) is 13.4. The average Bonchev–Trinajstić information content (AvgIpc) is 3.19. The van der Waals surface area contributed by atoms with E-state index in [0.29, 0.717) is 22.2 Å². The van der Waals surface area contributed by atoms with Crippen molar-refractivity contribution in [3.05, 3.63) is 64.4 Å². The third-order valence-corrected chi connectivity index (χ3v) is 5.11. The Hall–Kier alpha value is -4.00. The molecule has 1 aliphatic rings. The first-order chi connectivity index (χ1) is 15.3. The van der Waals surface area contributed by atoms with Crippen molar-refractivity contribution >= 4 is 57.5 Å². The van der Waals surface area contributed by atoms with Crippen LogP contribution in [0.25, 0.3) is 10.9 Å². The van der Waals surface area contributed by atoms with Crippen molar-refractivity contribution in [2.75, 3.05) is 12.1 Å². The van der Waals surface area contributed by atoms with Crippen molar-refractivity contribution in [1.82, 2.24) is 10.3 Å². The lowest BCUT2D eigenvalue weighted by Crippen LogP contribution is -2.42. The second kappa shape index (κ2) is 8.26. The van der Waals surface area contributed by atoms with Crippen molar-refractivity contribution in [3.8, 4) is 17.6 Å². The maximum atomic E-state index is 12.3. The molecular weight excluding hydrogens is 457 g/mol. The van der Waals surface area contributed by atoms with Crippen LogP contribution in [0.15, 0.2) is 53.9 Å². The Morgan fingerprint density at radius 1 is 1.25 bits per heavy atom. The molecule has 11 heteroatoms. The predicted molar refractivity (Wildman–Crippen MR) is 119 cm³/mol. The van der Waals surface area contributed by atoms with Crippen molar-refractivity contribution in [3.63, 3.8) is 0 Å². The second-order valence-electron chi connectivity index (χ2n) is 6.52. The van der Waals surface area contributed by atoms with Gasteiger partial charge in [-0.15, -0.1) is 0 Å². The Bertz CT molecular complexity index is 1350. The van der Waals surface area contributed by atoms with Gasteiger partial charge in [0.15, 0.2) is 11.5 Å². The number of esters is 1. The van der Waals surface area contributed by atoms with Gasteiger partial charge in [-0.05, 0) is 30.3 Å². The number of nitrogens with one attached hydrogen (secondary N) is 2. The first-order valence-electron chi connectivity index (χ1n) is 8.97. The molecule has 4 rings (SSSR count). The molecule has 0 saturated heterocycles. The number of nitrogens with zero attached hydrogens (tertiary/aromatic N) is 3. The summed E-state index contributed by atoms with van der Waals surface area (Å²) in [5, 5.41) is 17.3. The first-order valence-corrected chi connectivity index (χ1v) is 9.73. The van der Waals surface area contributed by atoms with E-state index in [1.165, 1.54) is 19.2 Å². The van der Waals surface area contributed by atoms with Crippen molar-refractivity contribution in [2.24, 2.45) is 5.10 Å². The summed E-state index contributed by atoms with van der Waals surface area (Å²) >= 11 is 12.7. The summed E-state index contributed by atoms with van der Waals surface area (Å²) in [6.45, 7) is 3.57. The number of hydrogen-bond acceptors (Lipinski definition) is 6. The lowest BCUT2D eigenvalue weighted by Gasteiger charge is -2.24. The molecule has 0 atom stereocenters. The third-order valence-electron chi connectivity index (χ3n) is 4.55. The predicted octanol–water partition coefficient (Wildman–Crippen LogP) is 4.98. The highest BCUT2D eigenvalue weighted by Crippen LogP contribution is 2.41. The number of aromatic nitrogens is 1. The molecule has 32 heavy (non-hydrogen) atoms. The number of H-pyrrole nitrogens is 1. The van der Waals surface area contributed by atoms with E-state index >= 15 is 0 Å².